The van der Waals surface area contributed by atoms with Crippen LogP contribution < -0.4 is 11.1 Å². The molecule has 0 fully saturated rings. The van der Waals surface area contributed by atoms with Crippen molar-refractivity contribution >= 4 is 51.3 Å². The Kier molecular flexibility index (Phi) is 16.4. The summed E-state index contributed by atoms with van der Waals surface area (Å²) in [5.74, 6) is 0.382. The summed E-state index contributed by atoms with van der Waals surface area (Å²) < 4.78 is 3.47. The molecule has 2 unspecified atom stereocenters. The highest BCUT2D eigenvalue weighted by Gasteiger charge is 2.17. The normalized spacial score (nSPS) is 12.1. The van der Waals surface area contributed by atoms with Gasteiger partial charge in [-0.05, 0) is 98.8 Å². The van der Waals surface area contributed by atoms with Crippen LogP contribution >= 0.6 is 22.7 Å². The average Bonchev–Trinajstić information content (AvgIpc) is 4.14. The van der Waals surface area contributed by atoms with Gasteiger partial charge in [0.15, 0.2) is 22.9 Å². The molecule has 3 N–H and O–H groups in total. The molecule has 0 radical (unpaired) electrons. The van der Waals surface area contributed by atoms with E-state index in [1.165, 1.54) is 13.8 Å². The zero-order valence-electron chi connectivity index (χ0n) is 36.6. The summed E-state index contributed by atoms with van der Waals surface area (Å²) in [4.78, 5) is 55.6. The smallest absolute Gasteiger partial charge is 0.165 e. The first-order chi connectivity index (χ1) is 30.4. The lowest BCUT2D eigenvalue weighted by atomic mass is 10.0. The molecule has 0 aliphatic heterocycles. The fourth-order valence-electron chi connectivity index (χ4n) is 6.72. The second-order valence-electron chi connectivity index (χ2n) is 15.5. The van der Waals surface area contributed by atoms with Gasteiger partial charge >= 0.3 is 0 Å². The predicted octanol–water partition coefficient (Wildman–Crippen LogP) is 10.1. The van der Waals surface area contributed by atoms with E-state index in [2.05, 4.69) is 52.3 Å². The molecule has 0 saturated heterocycles. The summed E-state index contributed by atoms with van der Waals surface area (Å²) in [5, 5.41) is 16.4. The van der Waals surface area contributed by atoms with Crippen LogP contribution in [0.15, 0.2) is 109 Å². The number of Topliss-reactive ketones (excluding diaryl/α,β-unsaturated/α-hetero) is 3. The fraction of sp³-hybridized carbons (Fsp3) is 0.312. The van der Waals surface area contributed by atoms with E-state index in [9.17, 15) is 14.4 Å². The van der Waals surface area contributed by atoms with E-state index in [1.807, 2.05) is 72.5 Å². The van der Waals surface area contributed by atoms with Gasteiger partial charge in [0.05, 0.1) is 56.1 Å². The van der Waals surface area contributed by atoms with Crippen LogP contribution in [0.25, 0.3) is 55.0 Å². The molecule has 0 saturated carbocycles. The third kappa shape index (κ3) is 12.5. The minimum absolute atomic E-state index is 0.0600. The van der Waals surface area contributed by atoms with Crippen molar-refractivity contribution in [2.75, 3.05) is 0 Å². The number of carbonyl (C=O) groups is 3. The Balaban J connectivity index is 0.000000194. The lowest BCUT2D eigenvalue weighted by Gasteiger charge is -2.19. The molecule has 0 aliphatic carbocycles. The van der Waals surface area contributed by atoms with E-state index in [4.69, 9.17) is 15.7 Å². The first-order valence-electron chi connectivity index (χ1n) is 21.2. The molecule has 2 atom stereocenters. The number of carbonyl (C=O) groups excluding carboxylic acids is 3. The molecule has 0 aliphatic rings. The van der Waals surface area contributed by atoms with Crippen LogP contribution in [-0.2, 0) is 4.79 Å². The first kappa shape index (κ1) is 46.4. The maximum Gasteiger partial charge on any atom is 0.165 e. The van der Waals surface area contributed by atoms with Crippen LogP contribution in [-0.4, -0.2) is 74.6 Å². The Bertz CT molecular complexity index is 2740. The second-order valence-corrected chi connectivity index (χ2v) is 17.4. The number of hydrogen-bond donors (Lipinski definition) is 2. The number of fused-ring (bicyclic) bond motifs is 2. The molecule has 0 bridgehead atoms. The van der Waals surface area contributed by atoms with Crippen LogP contribution in [0.5, 0.6) is 0 Å². The quantitative estimate of drug-likeness (QED) is 0.0884. The van der Waals surface area contributed by atoms with Gasteiger partial charge in [-0.15, -0.1) is 22.7 Å². The first-order valence-corrected chi connectivity index (χ1v) is 22.9. The van der Waals surface area contributed by atoms with Crippen LogP contribution in [0.4, 0.5) is 0 Å². The standard InChI is InChI=1S/C24H27N5OS.C21H21N5OS.C3H6O/c1-4-18(27-16(2)3)7-8-22(30)17-9-11-25-21(14-17)19-15-26-29-12-10-20(28-24(19)29)23-6-5-13-31-23;1-2-15(22)5-6-19(27)14-7-9-23-18(12-14)16-13-24-26-10-8-17(25-21(16)26)20-4-3-11-28-20;1-3(2)4/h5-6,9-16,18,27H,4,7-8H2,1-3H3;3-4,7-13,15H,2,5-6,22H2,1H3;1-2H3. The molecule has 8 rings (SSSR count). The summed E-state index contributed by atoms with van der Waals surface area (Å²) in [5.41, 5.74) is 13.5. The van der Waals surface area contributed by atoms with Gasteiger partial charge in [0.2, 0.25) is 0 Å². The van der Waals surface area contributed by atoms with Gasteiger partial charge in [-0.1, -0.05) is 39.8 Å². The summed E-state index contributed by atoms with van der Waals surface area (Å²) in [7, 11) is 0. The Labute approximate surface area is 375 Å². The maximum absolute atomic E-state index is 12.9. The Morgan fingerprint density at radius 1 is 0.683 bits per heavy atom. The van der Waals surface area contributed by atoms with E-state index in [0.29, 0.717) is 53.9 Å². The van der Waals surface area contributed by atoms with Crippen molar-refractivity contribution in [1.82, 2.24) is 44.5 Å². The van der Waals surface area contributed by atoms with E-state index >= 15 is 0 Å². The third-order valence-corrected chi connectivity index (χ3v) is 11.8. The minimum Gasteiger partial charge on any atom is -0.328 e. The molecule has 8 heterocycles. The van der Waals surface area contributed by atoms with Crippen LogP contribution in [0, 0.1) is 0 Å². The average molecular weight is 883 g/mol. The van der Waals surface area contributed by atoms with Crippen molar-refractivity contribution in [3.63, 3.8) is 0 Å². The Hall–Kier alpha value is -6.13. The molecule has 326 valence electrons. The van der Waals surface area contributed by atoms with Crippen LogP contribution in [0.3, 0.4) is 0 Å². The molecule has 0 spiro atoms. The van der Waals surface area contributed by atoms with Gasteiger partial charge in [0, 0.05) is 66.9 Å². The molecule has 63 heavy (non-hydrogen) atoms. The number of pyridine rings is 2. The van der Waals surface area contributed by atoms with Gasteiger partial charge < -0.3 is 15.8 Å². The number of nitrogens with one attached hydrogen (secondary N) is 1. The number of nitrogens with two attached hydrogens (primary N) is 1. The zero-order valence-corrected chi connectivity index (χ0v) is 38.2. The van der Waals surface area contributed by atoms with Crippen molar-refractivity contribution in [3.8, 4) is 43.7 Å². The number of rotatable bonds is 16. The van der Waals surface area contributed by atoms with Crippen molar-refractivity contribution in [2.24, 2.45) is 5.73 Å². The monoisotopic (exact) mass is 882 g/mol. The molecule has 15 heteroatoms. The van der Waals surface area contributed by atoms with E-state index in [1.54, 1.807) is 68.6 Å². The Morgan fingerprint density at radius 2 is 1.16 bits per heavy atom. The highest BCUT2D eigenvalue weighted by Crippen LogP contribution is 2.29. The molecule has 13 nitrogen and oxygen atoms in total. The minimum atomic E-state index is 0.0600. The molecular formula is C48H54N10O3S2. The number of ketones is 3. The maximum atomic E-state index is 12.9. The molecule has 0 aromatic carbocycles. The lowest BCUT2D eigenvalue weighted by molar-refractivity contribution is -0.115. The highest BCUT2D eigenvalue weighted by molar-refractivity contribution is 7.13. The third-order valence-electron chi connectivity index (χ3n) is 10.0. The van der Waals surface area contributed by atoms with Crippen molar-refractivity contribution in [3.05, 3.63) is 120 Å². The van der Waals surface area contributed by atoms with E-state index in [0.717, 1.165) is 62.8 Å². The summed E-state index contributed by atoms with van der Waals surface area (Å²) >= 11 is 3.29. The van der Waals surface area contributed by atoms with Gasteiger partial charge in [-0.25, -0.2) is 19.0 Å². The number of thiophene rings is 2. The fourth-order valence-corrected chi connectivity index (χ4v) is 8.11. The molecular weight excluding hydrogens is 829 g/mol. The molecule has 8 aromatic rings. The largest absolute Gasteiger partial charge is 0.328 e. The van der Waals surface area contributed by atoms with Gasteiger partial charge in [-0.2, -0.15) is 10.2 Å². The lowest BCUT2D eigenvalue weighted by Crippen LogP contribution is -2.34. The van der Waals surface area contributed by atoms with Gasteiger partial charge in [-0.3, -0.25) is 19.6 Å². The molecule has 0 amide bonds. The number of nitrogens with zero attached hydrogens (tertiary/aromatic N) is 8. The number of aromatic nitrogens is 8. The summed E-state index contributed by atoms with van der Waals surface area (Å²) in [6, 6.07) is 20.0. The zero-order chi connectivity index (χ0) is 44.9. The predicted molar refractivity (Wildman–Crippen MR) is 253 cm³/mol. The van der Waals surface area contributed by atoms with Gasteiger partial charge in [0.25, 0.3) is 0 Å². The topological polar surface area (TPSA) is 175 Å². The highest BCUT2D eigenvalue weighted by atomic mass is 32.1. The van der Waals surface area contributed by atoms with Crippen LogP contribution in [0.1, 0.15) is 101 Å². The number of hydrogen-bond acceptors (Lipinski definition) is 13. The Morgan fingerprint density at radius 3 is 1.57 bits per heavy atom. The van der Waals surface area contributed by atoms with Crippen LogP contribution in [0.2, 0.25) is 0 Å². The van der Waals surface area contributed by atoms with E-state index in [-0.39, 0.29) is 23.4 Å². The summed E-state index contributed by atoms with van der Waals surface area (Å²) in [6.45, 7) is 11.5. The van der Waals surface area contributed by atoms with Crippen molar-refractivity contribution < 1.29 is 14.4 Å². The summed E-state index contributed by atoms with van der Waals surface area (Å²) in [6.07, 6.45) is 15.0. The van der Waals surface area contributed by atoms with Gasteiger partial charge in [0.1, 0.15) is 5.78 Å². The SMILES string of the molecule is CC(C)=O.CCC(CCC(=O)c1ccnc(-c2cnn3ccc(-c4cccs4)nc23)c1)NC(C)C.CCC(N)CCC(=O)c1ccnc(-c2cnn3ccc(-c4cccs4)nc23)c1. The van der Waals surface area contributed by atoms with Crippen molar-refractivity contribution in [2.45, 2.75) is 98.2 Å². The van der Waals surface area contributed by atoms with E-state index < -0.39 is 0 Å². The van der Waals surface area contributed by atoms with Crippen molar-refractivity contribution in [1.29, 1.82) is 0 Å². The second kappa shape index (κ2) is 22.3. The molecule has 8 aromatic heterocycles.